The summed E-state index contributed by atoms with van der Waals surface area (Å²) in [5.74, 6) is 2.74. The molecule has 2 N–H and O–H groups in total. The molecule has 0 saturated carbocycles. The molecule has 5 rings (SSSR count). The van der Waals surface area contributed by atoms with E-state index in [1.165, 1.54) is 6.92 Å². The number of aryl methyl sites for hydroxylation is 1. The predicted molar refractivity (Wildman–Crippen MR) is 201 cm³/mol. The quantitative estimate of drug-likeness (QED) is 0.237. The van der Waals surface area contributed by atoms with Crippen LogP contribution in [0.2, 0.25) is 0 Å². The van der Waals surface area contributed by atoms with E-state index in [9.17, 15) is 14.4 Å². The van der Waals surface area contributed by atoms with Gasteiger partial charge in [0.25, 0.3) is 0 Å². The van der Waals surface area contributed by atoms with E-state index in [4.69, 9.17) is 23.7 Å². The van der Waals surface area contributed by atoms with E-state index in [1.807, 2.05) is 55.1 Å². The molecule has 12 nitrogen and oxygen atoms in total. The van der Waals surface area contributed by atoms with Crippen LogP contribution in [0.5, 0.6) is 28.7 Å². The summed E-state index contributed by atoms with van der Waals surface area (Å²) in [6, 6.07) is 13.6. The molecule has 52 heavy (non-hydrogen) atoms. The highest BCUT2D eigenvalue weighted by atomic mass is 16.5. The van der Waals surface area contributed by atoms with Crippen LogP contribution in [0.1, 0.15) is 50.8 Å². The van der Waals surface area contributed by atoms with Gasteiger partial charge in [-0.2, -0.15) is 0 Å². The average Bonchev–Trinajstić information content (AvgIpc) is 3.40. The second-order valence-electron chi connectivity index (χ2n) is 13.3. The Labute approximate surface area is 306 Å². The third-order valence-electron chi connectivity index (χ3n) is 10.1. The first-order valence-corrected chi connectivity index (χ1v) is 17.9. The molecule has 0 spiro atoms. The number of rotatable bonds is 14. The van der Waals surface area contributed by atoms with Crippen molar-refractivity contribution in [1.29, 1.82) is 0 Å². The van der Waals surface area contributed by atoms with E-state index in [2.05, 4.69) is 15.5 Å². The van der Waals surface area contributed by atoms with E-state index in [0.717, 1.165) is 54.2 Å². The smallest absolute Gasteiger partial charge is 0.245 e. The number of nitrogens with zero attached hydrogens (tertiary/aromatic N) is 2. The fourth-order valence-electron chi connectivity index (χ4n) is 7.03. The summed E-state index contributed by atoms with van der Waals surface area (Å²) in [6.07, 6.45) is 1.90. The van der Waals surface area contributed by atoms with Crippen LogP contribution in [0.15, 0.2) is 53.3 Å². The Kier molecular flexibility index (Phi) is 12.9. The lowest BCUT2D eigenvalue weighted by Crippen LogP contribution is -2.54. The van der Waals surface area contributed by atoms with Gasteiger partial charge in [-0.3, -0.25) is 19.3 Å². The number of fused-ring (bicyclic) bond motifs is 3. The van der Waals surface area contributed by atoms with Crippen LogP contribution in [-0.4, -0.2) is 95.4 Å². The third kappa shape index (κ3) is 8.55. The number of methoxy groups -OCH3 is 4. The van der Waals surface area contributed by atoms with Crippen LogP contribution in [0.3, 0.4) is 0 Å². The first-order chi connectivity index (χ1) is 25.1. The third-order valence-corrected chi connectivity index (χ3v) is 10.1. The van der Waals surface area contributed by atoms with Crippen LogP contribution in [0, 0.1) is 5.92 Å². The summed E-state index contributed by atoms with van der Waals surface area (Å²) >= 11 is 0. The summed E-state index contributed by atoms with van der Waals surface area (Å²) < 4.78 is 28.4. The zero-order valence-corrected chi connectivity index (χ0v) is 31.4. The van der Waals surface area contributed by atoms with Crippen molar-refractivity contribution in [2.24, 2.45) is 5.92 Å². The zero-order chi connectivity index (χ0) is 37.4. The van der Waals surface area contributed by atoms with Crippen molar-refractivity contribution in [1.82, 2.24) is 15.1 Å². The topological polar surface area (TPSA) is 128 Å². The van der Waals surface area contributed by atoms with Gasteiger partial charge in [-0.1, -0.05) is 26.3 Å². The highest BCUT2D eigenvalue weighted by Gasteiger charge is 2.33. The normalized spacial score (nSPS) is 16.7. The number of amides is 2. The molecule has 1 heterocycles. The van der Waals surface area contributed by atoms with Gasteiger partial charge in [0.2, 0.25) is 23.0 Å². The van der Waals surface area contributed by atoms with Crippen LogP contribution in [-0.2, 0) is 16.0 Å². The van der Waals surface area contributed by atoms with Crippen molar-refractivity contribution in [2.45, 2.75) is 52.1 Å². The molecule has 0 bridgehead atoms. The van der Waals surface area contributed by atoms with Gasteiger partial charge in [0.1, 0.15) is 24.1 Å². The minimum absolute atomic E-state index is 0.0316. The standard InChI is InChI=1S/C40H52N4O8/c1-8-25(2)37(40(47)44-19-17-43(18-20-44)21-22-52-29-12-10-28(48-4)11-13-29)42-33-16-14-30-31(24-34(33)46)32(41-26(3)45)15-9-27-23-35(49-5)38(50-6)39(51-7)36(27)30/h10-14,16,23-25,32,37H,8-9,15,17-22H2,1-7H3,(H,41,45)(H,42,46)/t25-,32+,37+/m1/s1. The molecule has 3 atom stereocenters. The number of carbonyl (C=O) groups is 2. The van der Waals surface area contributed by atoms with Gasteiger partial charge in [-0.05, 0) is 77.9 Å². The number of piperazine rings is 1. The maximum absolute atomic E-state index is 14.1. The Bertz CT molecular complexity index is 1780. The van der Waals surface area contributed by atoms with E-state index in [0.29, 0.717) is 61.0 Å². The molecule has 0 radical (unpaired) electrons. The number of benzene rings is 2. The highest BCUT2D eigenvalue weighted by molar-refractivity contribution is 5.86. The van der Waals surface area contributed by atoms with Gasteiger partial charge in [-0.15, -0.1) is 0 Å². The van der Waals surface area contributed by atoms with E-state index >= 15 is 0 Å². The van der Waals surface area contributed by atoms with Crippen molar-refractivity contribution in [3.63, 3.8) is 0 Å². The fraction of sp³-hybridized carbons (Fsp3) is 0.475. The number of anilines is 1. The van der Waals surface area contributed by atoms with Gasteiger partial charge < -0.3 is 39.2 Å². The number of nitrogens with one attached hydrogen (secondary N) is 2. The molecule has 0 aromatic heterocycles. The van der Waals surface area contributed by atoms with Gasteiger partial charge in [0.15, 0.2) is 11.5 Å². The lowest BCUT2D eigenvalue weighted by atomic mass is 9.95. The van der Waals surface area contributed by atoms with E-state index < -0.39 is 12.1 Å². The highest BCUT2D eigenvalue weighted by Crippen LogP contribution is 2.50. The number of ether oxygens (including phenoxy) is 5. The maximum Gasteiger partial charge on any atom is 0.245 e. The van der Waals surface area contributed by atoms with Crippen LogP contribution in [0.25, 0.3) is 11.1 Å². The molecule has 1 fully saturated rings. The molecule has 3 aromatic carbocycles. The Morgan fingerprint density at radius 3 is 2.19 bits per heavy atom. The molecule has 280 valence electrons. The number of hydrogen-bond donors (Lipinski definition) is 2. The molecule has 2 aliphatic rings. The molecule has 0 unspecified atom stereocenters. The average molecular weight is 717 g/mol. The van der Waals surface area contributed by atoms with Crippen LogP contribution < -0.4 is 39.7 Å². The second-order valence-corrected chi connectivity index (χ2v) is 13.3. The Balaban J connectivity index is 1.38. The molecule has 2 amide bonds. The number of hydrogen-bond acceptors (Lipinski definition) is 10. The monoisotopic (exact) mass is 716 g/mol. The minimum atomic E-state index is -0.609. The lowest BCUT2D eigenvalue weighted by molar-refractivity contribution is -0.134. The van der Waals surface area contributed by atoms with Crippen LogP contribution in [0.4, 0.5) is 5.69 Å². The molecular weight excluding hydrogens is 664 g/mol. The maximum atomic E-state index is 14.1. The van der Waals surface area contributed by atoms with E-state index in [1.54, 1.807) is 40.6 Å². The summed E-state index contributed by atoms with van der Waals surface area (Å²) in [6.45, 7) is 9.44. The van der Waals surface area contributed by atoms with E-state index in [-0.39, 0.29) is 23.2 Å². The van der Waals surface area contributed by atoms with Gasteiger partial charge in [0, 0.05) is 45.2 Å². The van der Waals surface area contributed by atoms with Crippen molar-refractivity contribution in [2.75, 3.05) is 73.1 Å². The minimum Gasteiger partial charge on any atom is -0.497 e. The predicted octanol–water partition coefficient (Wildman–Crippen LogP) is 4.92. The number of carbonyl (C=O) groups excluding carboxylic acids is 2. The van der Waals surface area contributed by atoms with Gasteiger partial charge in [-0.25, -0.2) is 0 Å². The molecule has 1 saturated heterocycles. The first-order valence-electron chi connectivity index (χ1n) is 17.9. The molecule has 1 aliphatic heterocycles. The molecule has 3 aromatic rings. The van der Waals surface area contributed by atoms with Gasteiger partial charge >= 0.3 is 0 Å². The van der Waals surface area contributed by atoms with Crippen LogP contribution >= 0.6 is 0 Å². The largest absolute Gasteiger partial charge is 0.497 e. The summed E-state index contributed by atoms with van der Waals surface area (Å²) in [7, 11) is 6.33. The fourth-order valence-corrected chi connectivity index (χ4v) is 7.03. The summed E-state index contributed by atoms with van der Waals surface area (Å²) in [5, 5.41) is 6.41. The SMILES string of the molecule is CC[C@@H](C)[C@H](Nc1ccc2c(cc1=O)[C@@H](NC(C)=O)CCc1cc(OC)c(OC)c(OC)c1-2)C(=O)N1CCN(CCOc2ccc(OC)cc2)CC1. The Hall–Kier alpha value is -4.97. The second kappa shape index (κ2) is 17.5. The van der Waals surface area contributed by atoms with Crippen molar-refractivity contribution >= 4 is 17.5 Å². The zero-order valence-electron chi connectivity index (χ0n) is 31.4. The molecule has 12 heteroatoms. The van der Waals surface area contributed by atoms with Crippen molar-refractivity contribution < 1.29 is 33.3 Å². The summed E-state index contributed by atoms with van der Waals surface area (Å²) in [5.41, 5.74) is 3.14. The molecule has 1 aliphatic carbocycles. The Morgan fingerprint density at radius 1 is 0.885 bits per heavy atom. The summed E-state index contributed by atoms with van der Waals surface area (Å²) in [4.78, 5) is 44.7. The van der Waals surface area contributed by atoms with Crippen molar-refractivity contribution in [3.05, 3.63) is 69.9 Å². The van der Waals surface area contributed by atoms with Crippen molar-refractivity contribution in [3.8, 4) is 39.9 Å². The first kappa shape index (κ1) is 38.3. The van der Waals surface area contributed by atoms with Gasteiger partial charge in [0.05, 0.1) is 40.2 Å². The lowest BCUT2D eigenvalue weighted by Gasteiger charge is -2.37. The molecular formula is C40H52N4O8. The Morgan fingerprint density at radius 2 is 1.58 bits per heavy atom.